The number of ketones is 1. The number of ether oxygens (including phenoxy) is 3. The second-order valence-corrected chi connectivity index (χ2v) is 6.53. The standard InChI is InChI=1S/C21H29NO5/c1-4-27-21(24)17-9-12-22(13-10-17)14-11-18(23)7-5-16-6-8-19(25-2)20(15-16)26-3/h5-8,15,17H,4,9-14H2,1-3H3. The first-order valence-electron chi connectivity index (χ1n) is 9.39. The summed E-state index contributed by atoms with van der Waals surface area (Å²) in [6.07, 6.45) is 5.46. The number of piperidine rings is 1. The predicted molar refractivity (Wildman–Crippen MR) is 104 cm³/mol. The summed E-state index contributed by atoms with van der Waals surface area (Å²) in [6, 6.07) is 5.53. The average molecular weight is 375 g/mol. The Balaban J connectivity index is 1.77. The van der Waals surface area contributed by atoms with Crippen molar-refractivity contribution < 1.29 is 23.8 Å². The molecule has 0 atom stereocenters. The van der Waals surface area contributed by atoms with E-state index in [2.05, 4.69) is 4.90 Å². The Labute approximate surface area is 161 Å². The van der Waals surface area contributed by atoms with Crippen LogP contribution in [0.4, 0.5) is 0 Å². The van der Waals surface area contributed by atoms with Crippen LogP contribution in [-0.4, -0.2) is 57.1 Å². The molecule has 1 aliphatic heterocycles. The molecular weight excluding hydrogens is 346 g/mol. The van der Waals surface area contributed by atoms with Crippen LogP contribution >= 0.6 is 0 Å². The molecule has 0 amide bonds. The third kappa shape index (κ3) is 6.40. The summed E-state index contributed by atoms with van der Waals surface area (Å²) in [6.45, 7) is 4.63. The zero-order valence-electron chi connectivity index (χ0n) is 16.4. The summed E-state index contributed by atoms with van der Waals surface area (Å²) in [5, 5.41) is 0. The minimum absolute atomic E-state index is 0.00171. The molecule has 1 aliphatic rings. The van der Waals surface area contributed by atoms with Gasteiger partial charge in [-0.2, -0.15) is 0 Å². The van der Waals surface area contributed by atoms with E-state index in [4.69, 9.17) is 14.2 Å². The van der Waals surface area contributed by atoms with Crippen LogP contribution in [0.5, 0.6) is 11.5 Å². The lowest BCUT2D eigenvalue weighted by atomic mass is 9.97. The SMILES string of the molecule is CCOC(=O)C1CCN(CCC(=O)C=Cc2ccc(OC)c(OC)c2)CC1. The molecule has 0 radical (unpaired) electrons. The molecule has 0 saturated carbocycles. The highest BCUT2D eigenvalue weighted by Gasteiger charge is 2.25. The number of benzene rings is 1. The third-order valence-electron chi connectivity index (χ3n) is 4.75. The highest BCUT2D eigenvalue weighted by molar-refractivity contribution is 5.93. The number of methoxy groups -OCH3 is 2. The number of allylic oxidation sites excluding steroid dienone is 1. The molecule has 0 bridgehead atoms. The Hall–Kier alpha value is -2.34. The maximum Gasteiger partial charge on any atom is 0.309 e. The van der Waals surface area contributed by atoms with Gasteiger partial charge in [0.25, 0.3) is 0 Å². The van der Waals surface area contributed by atoms with E-state index in [1.165, 1.54) is 0 Å². The Morgan fingerprint density at radius 2 is 1.85 bits per heavy atom. The van der Waals surface area contributed by atoms with Crippen molar-refractivity contribution in [3.8, 4) is 11.5 Å². The van der Waals surface area contributed by atoms with Crippen molar-refractivity contribution in [2.24, 2.45) is 5.92 Å². The van der Waals surface area contributed by atoms with Crippen molar-refractivity contribution in [2.75, 3.05) is 40.5 Å². The maximum absolute atomic E-state index is 12.2. The maximum atomic E-state index is 12.2. The lowest BCUT2D eigenvalue weighted by Crippen LogP contribution is -2.37. The van der Waals surface area contributed by atoms with Gasteiger partial charge in [-0.25, -0.2) is 0 Å². The molecule has 0 unspecified atom stereocenters. The predicted octanol–water partition coefficient (Wildman–Crippen LogP) is 2.95. The number of rotatable bonds is 9. The van der Waals surface area contributed by atoms with Crippen molar-refractivity contribution in [3.05, 3.63) is 29.8 Å². The largest absolute Gasteiger partial charge is 0.493 e. The van der Waals surface area contributed by atoms with Gasteiger partial charge in [-0.1, -0.05) is 12.1 Å². The molecule has 2 rings (SSSR count). The van der Waals surface area contributed by atoms with Crippen LogP contribution < -0.4 is 9.47 Å². The molecule has 0 aliphatic carbocycles. The van der Waals surface area contributed by atoms with Crippen LogP contribution in [0.25, 0.3) is 6.08 Å². The second-order valence-electron chi connectivity index (χ2n) is 6.53. The lowest BCUT2D eigenvalue weighted by molar-refractivity contribution is -0.149. The second kappa shape index (κ2) is 10.7. The first-order chi connectivity index (χ1) is 13.1. The summed E-state index contributed by atoms with van der Waals surface area (Å²) in [4.78, 5) is 26.1. The van der Waals surface area contributed by atoms with Gasteiger partial charge in [-0.15, -0.1) is 0 Å². The number of likely N-dealkylation sites (tertiary alicyclic amines) is 1. The van der Waals surface area contributed by atoms with Gasteiger partial charge in [0.15, 0.2) is 17.3 Å². The molecule has 0 aromatic heterocycles. The van der Waals surface area contributed by atoms with Crippen LogP contribution in [0, 0.1) is 5.92 Å². The quantitative estimate of drug-likeness (QED) is 0.488. The van der Waals surface area contributed by atoms with E-state index in [1.54, 1.807) is 26.4 Å². The van der Waals surface area contributed by atoms with E-state index in [-0.39, 0.29) is 17.7 Å². The van der Waals surface area contributed by atoms with Crippen LogP contribution in [0.2, 0.25) is 0 Å². The normalized spacial score (nSPS) is 15.7. The van der Waals surface area contributed by atoms with Crippen molar-refractivity contribution >= 4 is 17.8 Å². The molecule has 0 N–H and O–H groups in total. The van der Waals surface area contributed by atoms with Crippen LogP contribution in [0.3, 0.4) is 0 Å². The summed E-state index contributed by atoms with van der Waals surface area (Å²) in [5.74, 6) is 1.29. The fourth-order valence-corrected chi connectivity index (χ4v) is 3.15. The summed E-state index contributed by atoms with van der Waals surface area (Å²) in [5.41, 5.74) is 0.885. The Morgan fingerprint density at radius 3 is 2.48 bits per heavy atom. The van der Waals surface area contributed by atoms with Crippen LogP contribution in [0.15, 0.2) is 24.3 Å². The van der Waals surface area contributed by atoms with Crippen molar-refractivity contribution in [1.29, 1.82) is 0 Å². The zero-order valence-corrected chi connectivity index (χ0v) is 16.4. The monoisotopic (exact) mass is 375 g/mol. The van der Waals surface area contributed by atoms with Gasteiger partial charge >= 0.3 is 5.97 Å². The topological polar surface area (TPSA) is 65.1 Å². The summed E-state index contributed by atoms with van der Waals surface area (Å²) < 4.78 is 15.6. The van der Waals surface area contributed by atoms with Crippen LogP contribution in [0.1, 0.15) is 31.7 Å². The Kier molecular flexibility index (Phi) is 8.33. The van der Waals surface area contributed by atoms with Gasteiger partial charge in [0.05, 0.1) is 26.7 Å². The Morgan fingerprint density at radius 1 is 1.15 bits per heavy atom. The molecule has 6 heteroatoms. The molecule has 27 heavy (non-hydrogen) atoms. The molecule has 1 fully saturated rings. The molecule has 1 aromatic rings. The van der Waals surface area contributed by atoms with Crippen molar-refractivity contribution in [3.63, 3.8) is 0 Å². The molecule has 1 heterocycles. The first-order valence-corrected chi connectivity index (χ1v) is 9.39. The fraction of sp³-hybridized carbons (Fsp3) is 0.524. The lowest BCUT2D eigenvalue weighted by Gasteiger charge is -2.30. The summed E-state index contributed by atoms with van der Waals surface area (Å²) in [7, 11) is 3.17. The van der Waals surface area contributed by atoms with Gasteiger partial charge in [0.2, 0.25) is 0 Å². The number of carbonyl (C=O) groups excluding carboxylic acids is 2. The number of hydrogen-bond acceptors (Lipinski definition) is 6. The minimum atomic E-state index is -0.0916. The highest BCUT2D eigenvalue weighted by Crippen LogP contribution is 2.28. The van der Waals surface area contributed by atoms with E-state index < -0.39 is 0 Å². The van der Waals surface area contributed by atoms with Gasteiger partial charge in [0.1, 0.15) is 0 Å². The molecular formula is C21H29NO5. The molecule has 0 spiro atoms. The van der Waals surface area contributed by atoms with E-state index in [9.17, 15) is 9.59 Å². The Bertz CT molecular complexity index is 663. The zero-order chi connectivity index (χ0) is 19.6. The van der Waals surface area contributed by atoms with Gasteiger partial charge in [-0.3, -0.25) is 9.59 Å². The highest BCUT2D eigenvalue weighted by atomic mass is 16.5. The smallest absolute Gasteiger partial charge is 0.309 e. The van der Waals surface area contributed by atoms with Gasteiger partial charge in [-0.05, 0) is 56.6 Å². The van der Waals surface area contributed by atoms with Gasteiger partial charge in [0, 0.05) is 13.0 Å². The van der Waals surface area contributed by atoms with Gasteiger partial charge < -0.3 is 19.1 Å². The molecule has 148 valence electrons. The number of esters is 1. The van der Waals surface area contributed by atoms with Crippen molar-refractivity contribution in [2.45, 2.75) is 26.2 Å². The molecule has 1 aromatic carbocycles. The summed E-state index contributed by atoms with van der Waals surface area (Å²) >= 11 is 0. The molecule has 6 nitrogen and oxygen atoms in total. The van der Waals surface area contributed by atoms with E-state index in [0.717, 1.165) is 31.5 Å². The van der Waals surface area contributed by atoms with E-state index in [1.807, 2.05) is 25.1 Å². The first kappa shape index (κ1) is 21.0. The van der Waals surface area contributed by atoms with E-state index >= 15 is 0 Å². The number of carbonyl (C=O) groups is 2. The fourth-order valence-electron chi connectivity index (χ4n) is 3.15. The number of hydrogen-bond donors (Lipinski definition) is 0. The van der Waals surface area contributed by atoms with E-state index in [0.29, 0.717) is 31.1 Å². The van der Waals surface area contributed by atoms with Crippen LogP contribution in [-0.2, 0) is 14.3 Å². The third-order valence-corrected chi connectivity index (χ3v) is 4.75. The average Bonchev–Trinajstić information content (AvgIpc) is 2.71. The minimum Gasteiger partial charge on any atom is -0.493 e. The number of nitrogens with zero attached hydrogens (tertiary/aromatic N) is 1. The van der Waals surface area contributed by atoms with Crippen molar-refractivity contribution in [1.82, 2.24) is 4.90 Å². The molecule has 1 saturated heterocycles.